The van der Waals surface area contributed by atoms with Crippen LogP contribution in [0.25, 0.3) is 11.4 Å². The first-order valence-electron chi connectivity index (χ1n) is 7.92. The average Bonchev–Trinajstić information content (AvgIpc) is 3.25. The fourth-order valence-electron chi connectivity index (χ4n) is 2.89. The Bertz CT molecular complexity index is 926. The minimum atomic E-state index is -0.129. The van der Waals surface area contributed by atoms with Gasteiger partial charge in [0.05, 0.1) is 5.92 Å². The highest BCUT2D eigenvalue weighted by Crippen LogP contribution is 2.33. The van der Waals surface area contributed by atoms with Crippen LogP contribution >= 0.6 is 11.6 Å². The van der Waals surface area contributed by atoms with Crippen LogP contribution in [0.1, 0.15) is 23.8 Å². The number of pyridine rings is 1. The SMILES string of the molecule is Cc1ccc(N2C[C@H](c3nc(-c4ccncc4)no3)CC2=O)cc1Cl. The molecule has 3 aromatic rings. The Morgan fingerprint density at radius 1 is 1.24 bits per heavy atom. The molecule has 0 radical (unpaired) electrons. The molecule has 1 fully saturated rings. The van der Waals surface area contributed by atoms with E-state index in [1.54, 1.807) is 17.3 Å². The van der Waals surface area contributed by atoms with Gasteiger partial charge in [-0.15, -0.1) is 0 Å². The van der Waals surface area contributed by atoms with E-state index >= 15 is 0 Å². The molecule has 7 heteroatoms. The molecule has 1 saturated heterocycles. The van der Waals surface area contributed by atoms with Gasteiger partial charge in [0, 0.05) is 41.6 Å². The molecule has 0 N–H and O–H groups in total. The Labute approximate surface area is 149 Å². The van der Waals surface area contributed by atoms with Gasteiger partial charge in [0.1, 0.15) is 0 Å². The van der Waals surface area contributed by atoms with Crippen LogP contribution in [0, 0.1) is 6.92 Å². The normalized spacial score (nSPS) is 17.3. The smallest absolute Gasteiger partial charge is 0.232 e. The number of benzene rings is 1. The number of nitrogens with zero attached hydrogens (tertiary/aromatic N) is 4. The summed E-state index contributed by atoms with van der Waals surface area (Å²) in [7, 11) is 0. The highest BCUT2D eigenvalue weighted by Gasteiger charge is 2.35. The number of hydrogen-bond donors (Lipinski definition) is 0. The van der Waals surface area contributed by atoms with E-state index < -0.39 is 0 Å². The van der Waals surface area contributed by atoms with Crippen LogP contribution in [-0.4, -0.2) is 27.6 Å². The van der Waals surface area contributed by atoms with Crippen LogP contribution in [0.3, 0.4) is 0 Å². The number of aromatic nitrogens is 3. The summed E-state index contributed by atoms with van der Waals surface area (Å²) in [4.78, 5) is 22.6. The van der Waals surface area contributed by atoms with Gasteiger partial charge in [-0.25, -0.2) is 0 Å². The second-order valence-electron chi connectivity index (χ2n) is 6.03. The molecule has 6 nitrogen and oxygen atoms in total. The summed E-state index contributed by atoms with van der Waals surface area (Å²) >= 11 is 6.18. The van der Waals surface area contributed by atoms with E-state index in [1.807, 2.05) is 37.3 Å². The van der Waals surface area contributed by atoms with Crippen molar-refractivity contribution in [3.05, 3.63) is 59.2 Å². The summed E-state index contributed by atoms with van der Waals surface area (Å²) in [5.74, 6) is 0.867. The third-order valence-electron chi connectivity index (χ3n) is 4.32. The van der Waals surface area contributed by atoms with Crippen molar-refractivity contribution in [3.8, 4) is 11.4 Å². The predicted molar refractivity (Wildman–Crippen MR) is 93.4 cm³/mol. The van der Waals surface area contributed by atoms with Crippen molar-refractivity contribution in [2.75, 3.05) is 11.4 Å². The van der Waals surface area contributed by atoms with Crippen LogP contribution in [0.4, 0.5) is 5.69 Å². The molecule has 0 aliphatic carbocycles. The van der Waals surface area contributed by atoms with E-state index in [-0.39, 0.29) is 11.8 Å². The molecule has 0 saturated carbocycles. The zero-order chi connectivity index (χ0) is 17.4. The van der Waals surface area contributed by atoms with Crippen molar-refractivity contribution in [1.82, 2.24) is 15.1 Å². The second kappa shape index (κ2) is 6.29. The van der Waals surface area contributed by atoms with Crippen molar-refractivity contribution in [2.24, 2.45) is 0 Å². The molecule has 0 bridgehead atoms. The number of carbonyl (C=O) groups is 1. The first-order valence-corrected chi connectivity index (χ1v) is 8.30. The number of halogens is 1. The number of hydrogen-bond acceptors (Lipinski definition) is 5. The van der Waals surface area contributed by atoms with Crippen LogP contribution in [-0.2, 0) is 4.79 Å². The fraction of sp³-hybridized carbons (Fsp3) is 0.222. The first kappa shape index (κ1) is 15.8. The summed E-state index contributed by atoms with van der Waals surface area (Å²) in [6.07, 6.45) is 3.68. The molecule has 0 unspecified atom stereocenters. The van der Waals surface area contributed by atoms with Crippen molar-refractivity contribution in [1.29, 1.82) is 0 Å². The molecule has 126 valence electrons. The van der Waals surface area contributed by atoms with Crippen LogP contribution in [0.2, 0.25) is 5.02 Å². The molecule has 25 heavy (non-hydrogen) atoms. The summed E-state index contributed by atoms with van der Waals surface area (Å²) < 4.78 is 5.39. The number of aryl methyl sites for hydroxylation is 1. The van der Waals surface area contributed by atoms with Crippen LogP contribution in [0.5, 0.6) is 0 Å². The molecule has 2 aromatic heterocycles. The van der Waals surface area contributed by atoms with Crippen molar-refractivity contribution in [3.63, 3.8) is 0 Å². The van der Waals surface area contributed by atoms with E-state index in [0.29, 0.717) is 29.7 Å². The zero-order valence-corrected chi connectivity index (χ0v) is 14.3. The largest absolute Gasteiger partial charge is 0.339 e. The molecule has 1 atom stereocenters. The average molecular weight is 355 g/mol. The van der Waals surface area contributed by atoms with E-state index in [4.69, 9.17) is 16.1 Å². The van der Waals surface area contributed by atoms with Gasteiger partial charge in [0.25, 0.3) is 0 Å². The molecule has 0 spiro atoms. The van der Waals surface area contributed by atoms with Crippen molar-refractivity contribution >= 4 is 23.2 Å². The Kier molecular flexibility index (Phi) is 3.97. The van der Waals surface area contributed by atoms with Crippen molar-refractivity contribution in [2.45, 2.75) is 19.3 Å². The summed E-state index contributed by atoms with van der Waals surface area (Å²) in [6, 6.07) is 9.25. The molecule has 1 amide bonds. The number of amides is 1. The lowest BCUT2D eigenvalue weighted by atomic mass is 10.1. The Balaban J connectivity index is 1.56. The van der Waals surface area contributed by atoms with Gasteiger partial charge < -0.3 is 9.42 Å². The molecule has 4 rings (SSSR count). The van der Waals surface area contributed by atoms with Gasteiger partial charge in [-0.1, -0.05) is 22.8 Å². The molecular weight excluding hydrogens is 340 g/mol. The van der Waals surface area contributed by atoms with Crippen molar-refractivity contribution < 1.29 is 9.32 Å². The minimum absolute atomic E-state index is 0.0218. The zero-order valence-electron chi connectivity index (χ0n) is 13.5. The molecule has 1 aromatic carbocycles. The van der Waals surface area contributed by atoms with E-state index in [2.05, 4.69) is 15.1 Å². The fourth-order valence-corrected chi connectivity index (χ4v) is 3.07. The van der Waals surface area contributed by atoms with Gasteiger partial charge >= 0.3 is 0 Å². The summed E-state index contributed by atoms with van der Waals surface area (Å²) in [5.41, 5.74) is 2.60. The number of rotatable bonds is 3. The van der Waals surface area contributed by atoms with Gasteiger partial charge in [-0.05, 0) is 36.8 Å². The highest BCUT2D eigenvalue weighted by atomic mass is 35.5. The van der Waals surface area contributed by atoms with Crippen LogP contribution < -0.4 is 4.90 Å². The van der Waals surface area contributed by atoms with E-state index in [9.17, 15) is 4.79 Å². The Morgan fingerprint density at radius 3 is 2.80 bits per heavy atom. The lowest BCUT2D eigenvalue weighted by molar-refractivity contribution is -0.117. The number of anilines is 1. The number of carbonyl (C=O) groups excluding carboxylic acids is 1. The van der Waals surface area contributed by atoms with Gasteiger partial charge in [-0.3, -0.25) is 9.78 Å². The van der Waals surface area contributed by atoms with E-state index in [0.717, 1.165) is 16.8 Å². The summed E-state index contributed by atoms with van der Waals surface area (Å²) in [5, 5.41) is 4.66. The second-order valence-corrected chi connectivity index (χ2v) is 6.44. The Morgan fingerprint density at radius 2 is 2.04 bits per heavy atom. The quantitative estimate of drug-likeness (QED) is 0.718. The van der Waals surface area contributed by atoms with Gasteiger partial charge in [-0.2, -0.15) is 4.98 Å². The standard InChI is InChI=1S/C18H15ClN4O2/c1-11-2-3-14(9-15(11)19)23-10-13(8-16(23)24)18-21-17(22-25-18)12-4-6-20-7-5-12/h2-7,9,13H,8,10H2,1H3/t13-/m1/s1. The maximum absolute atomic E-state index is 12.4. The van der Waals surface area contributed by atoms with Gasteiger partial charge in [0.2, 0.25) is 17.6 Å². The molecule has 3 heterocycles. The Hall–Kier alpha value is -2.73. The first-order chi connectivity index (χ1) is 12.1. The summed E-state index contributed by atoms with van der Waals surface area (Å²) in [6.45, 7) is 2.43. The third kappa shape index (κ3) is 3.00. The topological polar surface area (TPSA) is 72.1 Å². The third-order valence-corrected chi connectivity index (χ3v) is 4.73. The monoisotopic (exact) mass is 354 g/mol. The maximum Gasteiger partial charge on any atom is 0.232 e. The predicted octanol–water partition coefficient (Wildman–Crippen LogP) is 3.61. The lowest BCUT2D eigenvalue weighted by Crippen LogP contribution is -2.24. The minimum Gasteiger partial charge on any atom is -0.339 e. The molecule has 1 aliphatic rings. The van der Waals surface area contributed by atoms with Crippen LogP contribution in [0.15, 0.2) is 47.2 Å². The maximum atomic E-state index is 12.4. The van der Waals surface area contributed by atoms with E-state index in [1.165, 1.54) is 0 Å². The molecule has 1 aliphatic heterocycles. The highest BCUT2D eigenvalue weighted by molar-refractivity contribution is 6.31. The molecular formula is C18H15ClN4O2. The lowest BCUT2D eigenvalue weighted by Gasteiger charge is -2.17. The van der Waals surface area contributed by atoms with Gasteiger partial charge in [0.15, 0.2) is 0 Å².